The van der Waals surface area contributed by atoms with Crippen molar-refractivity contribution in [2.75, 3.05) is 35.9 Å². The van der Waals surface area contributed by atoms with E-state index >= 15 is 0 Å². The molecule has 2 fully saturated rings. The van der Waals surface area contributed by atoms with Gasteiger partial charge in [0.05, 0.1) is 70.4 Å². The van der Waals surface area contributed by atoms with Crippen LogP contribution in [0.5, 0.6) is 0 Å². The lowest BCUT2D eigenvalue weighted by molar-refractivity contribution is 0.0591. The van der Waals surface area contributed by atoms with Gasteiger partial charge in [0.1, 0.15) is 23.3 Å². The maximum absolute atomic E-state index is 14.7. The van der Waals surface area contributed by atoms with Crippen LogP contribution in [0.15, 0.2) is 72.8 Å². The average molecular weight is 953 g/mol. The fourth-order valence-electron chi connectivity index (χ4n) is 6.90. The maximum Gasteiger partial charge on any atom is 0.337 e. The van der Waals surface area contributed by atoms with Crippen molar-refractivity contribution in [3.63, 3.8) is 0 Å². The lowest BCUT2D eigenvalue weighted by Gasteiger charge is -2.31. The fourth-order valence-corrected chi connectivity index (χ4v) is 11.2. The number of sulfonamides is 2. The van der Waals surface area contributed by atoms with E-state index < -0.39 is 65.8 Å². The summed E-state index contributed by atoms with van der Waals surface area (Å²) in [5, 5.41) is 1.37. The second-order valence-electron chi connectivity index (χ2n) is 14.1. The number of nitrogens with zero attached hydrogens (tertiary/aromatic N) is 2. The molecular weight excluding hydrogens is 909 g/mol. The smallest absolute Gasteiger partial charge is 0.337 e. The zero-order chi connectivity index (χ0) is 43.8. The molecule has 4 aromatic rings. The molecule has 0 spiro atoms. The zero-order valence-electron chi connectivity index (χ0n) is 33.0. The normalized spacial score (nSPS) is 14.8. The minimum atomic E-state index is -3.90. The SMILES string of the molecule is COC(=O)c1ccc(CN(c2ccc(F)c(Cl)c2)S(=O)(=O)C2CCCCC2)c(F)c1.COC(=O)c1ccc(CN(c2ccc(F)c(Cl)c2)S(=O)(=O)C2CCNCC2)c(F)c1.Cl. The molecule has 0 bridgehead atoms. The predicted molar refractivity (Wildman–Crippen MR) is 229 cm³/mol. The first-order chi connectivity index (χ1) is 28.5. The van der Waals surface area contributed by atoms with Crippen molar-refractivity contribution in [1.29, 1.82) is 0 Å². The van der Waals surface area contributed by atoms with Crippen LogP contribution < -0.4 is 13.9 Å². The van der Waals surface area contributed by atoms with E-state index in [2.05, 4.69) is 14.8 Å². The Hall–Kier alpha value is -4.13. The number of methoxy groups -OCH3 is 2. The van der Waals surface area contributed by atoms with Gasteiger partial charge in [0, 0.05) is 11.1 Å². The molecule has 1 saturated carbocycles. The number of benzene rings is 4. The molecule has 6 rings (SSSR count). The van der Waals surface area contributed by atoms with Gasteiger partial charge in [-0.25, -0.2) is 44.0 Å². The number of hydrogen-bond acceptors (Lipinski definition) is 9. The maximum atomic E-state index is 14.7. The van der Waals surface area contributed by atoms with Crippen LogP contribution in [0.2, 0.25) is 10.0 Å². The van der Waals surface area contributed by atoms with Crippen LogP contribution >= 0.6 is 35.6 Å². The molecular formula is C41H44Cl3F4N3O8S2. The van der Waals surface area contributed by atoms with Gasteiger partial charge in [-0.15, -0.1) is 12.4 Å². The van der Waals surface area contributed by atoms with E-state index in [4.69, 9.17) is 23.2 Å². The predicted octanol–water partition coefficient (Wildman–Crippen LogP) is 8.99. The van der Waals surface area contributed by atoms with Crippen LogP contribution in [0, 0.1) is 23.3 Å². The number of carbonyl (C=O) groups is 2. The second kappa shape index (κ2) is 21.8. The third-order valence-electron chi connectivity index (χ3n) is 10.3. The molecule has 0 atom stereocenters. The Labute approximate surface area is 368 Å². The Kier molecular flexibility index (Phi) is 17.7. The van der Waals surface area contributed by atoms with Crippen LogP contribution in [0.1, 0.15) is 76.8 Å². The van der Waals surface area contributed by atoms with Gasteiger partial charge in [0.25, 0.3) is 0 Å². The summed E-state index contributed by atoms with van der Waals surface area (Å²) in [6.45, 7) is 0.448. The summed E-state index contributed by atoms with van der Waals surface area (Å²) in [5.74, 6) is -4.26. The zero-order valence-corrected chi connectivity index (χ0v) is 37.0. The van der Waals surface area contributed by atoms with Crippen LogP contribution in [0.3, 0.4) is 0 Å². The molecule has 0 unspecified atom stereocenters. The van der Waals surface area contributed by atoms with Crippen LogP contribution in [0.25, 0.3) is 0 Å². The van der Waals surface area contributed by atoms with E-state index in [1.165, 1.54) is 62.8 Å². The molecule has 20 heteroatoms. The standard InChI is InChI=1S/C21H22ClF2NO4S.C20H21ClF2N2O4S.ClH/c1-29-21(26)14-7-8-15(20(24)11-14)13-25(16-9-10-19(23)18(22)12-16)30(27,28)17-5-3-2-4-6-17;1-29-20(26)13-2-3-14(19(23)10-13)12-25(15-4-5-18(22)17(21)11-15)30(27,28)16-6-8-24-9-7-16;/h7-12,17H,2-6,13H2,1H3;2-5,10-11,16,24H,6-9,12H2,1H3;1H. The largest absolute Gasteiger partial charge is 0.465 e. The number of piperidine rings is 1. The molecule has 0 radical (unpaired) electrons. The van der Waals surface area contributed by atoms with Crippen molar-refractivity contribution in [2.24, 2.45) is 0 Å². The van der Waals surface area contributed by atoms with Gasteiger partial charge in [-0.1, -0.05) is 54.6 Å². The fraction of sp³-hybridized carbons (Fsp3) is 0.366. The minimum absolute atomic E-state index is 0. The lowest BCUT2D eigenvalue weighted by Crippen LogP contribution is -2.44. The van der Waals surface area contributed by atoms with Gasteiger partial charge in [0.15, 0.2) is 0 Å². The highest BCUT2D eigenvalue weighted by molar-refractivity contribution is 7.93. The van der Waals surface area contributed by atoms with E-state index in [0.29, 0.717) is 38.8 Å². The minimum Gasteiger partial charge on any atom is -0.465 e. The molecule has 1 heterocycles. The first-order valence-electron chi connectivity index (χ1n) is 18.8. The molecule has 332 valence electrons. The Morgan fingerprint density at radius 3 is 1.36 bits per heavy atom. The van der Waals surface area contributed by atoms with Crippen molar-refractivity contribution >= 4 is 79.0 Å². The molecule has 1 N–H and O–H groups in total. The quantitative estimate of drug-likeness (QED) is 0.109. The van der Waals surface area contributed by atoms with Crippen molar-refractivity contribution in [1.82, 2.24) is 5.32 Å². The summed E-state index contributed by atoms with van der Waals surface area (Å²) in [6.07, 6.45) is 4.39. The van der Waals surface area contributed by atoms with Crippen molar-refractivity contribution in [2.45, 2.75) is 68.5 Å². The van der Waals surface area contributed by atoms with Crippen molar-refractivity contribution < 1.29 is 53.5 Å². The number of halogens is 7. The molecule has 61 heavy (non-hydrogen) atoms. The summed E-state index contributed by atoms with van der Waals surface area (Å²) in [5.41, 5.74) is 0.449. The van der Waals surface area contributed by atoms with Gasteiger partial charge in [-0.3, -0.25) is 8.61 Å². The van der Waals surface area contributed by atoms with E-state index in [1.807, 2.05) is 0 Å². The highest BCUT2D eigenvalue weighted by atomic mass is 35.5. The molecule has 1 saturated heterocycles. The summed E-state index contributed by atoms with van der Waals surface area (Å²) in [7, 11) is -5.39. The third-order valence-corrected chi connectivity index (χ3v) is 15.4. The second-order valence-corrected chi connectivity index (χ2v) is 19.2. The average Bonchev–Trinajstić information content (AvgIpc) is 3.25. The lowest BCUT2D eigenvalue weighted by atomic mass is 10.0. The first-order valence-corrected chi connectivity index (χ1v) is 22.6. The van der Waals surface area contributed by atoms with Gasteiger partial charge in [-0.05, 0) is 99.4 Å². The Bertz CT molecular complexity index is 2250. The molecule has 11 nitrogen and oxygen atoms in total. The van der Waals surface area contributed by atoms with Crippen LogP contribution in [-0.4, -0.2) is 66.6 Å². The first kappa shape index (κ1) is 49.5. The number of ether oxygens (including phenoxy) is 2. The topological polar surface area (TPSA) is 139 Å². The summed E-state index contributed by atoms with van der Waals surface area (Å²) < 4.78 is 122. The number of carbonyl (C=O) groups excluding carboxylic acids is 2. The van der Waals surface area contributed by atoms with Crippen LogP contribution in [0.4, 0.5) is 28.9 Å². The molecule has 0 amide bonds. The Balaban J connectivity index is 0.000000264. The summed E-state index contributed by atoms with van der Waals surface area (Å²) in [4.78, 5) is 23.2. The molecule has 1 aliphatic carbocycles. The van der Waals surface area contributed by atoms with Gasteiger partial charge in [-0.2, -0.15) is 0 Å². The number of anilines is 2. The third kappa shape index (κ3) is 12.1. The van der Waals surface area contributed by atoms with Crippen molar-refractivity contribution in [3.05, 3.63) is 128 Å². The molecule has 0 aromatic heterocycles. The molecule has 4 aromatic carbocycles. The summed E-state index contributed by atoms with van der Waals surface area (Å²) >= 11 is 11.7. The van der Waals surface area contributed by atoms with Gasteiger partial charge < -0.3 is 14.8 Å². The van der Waals surface area contributed by atoms with E-state index in [1.54, 1.807) is 0 Å². The monoisotopic (exact) mass is 951 g/mol. The number of esters is 2. The summed E-state index contributed by atoms with van der Waals surface area (Å²) in [6, 6.07) is 14.6. The Morgan fingerprint density at radius 2 is 1.00 bits per heavy atom. The highest BCUT2D eigenvalue weighted by Gasteiger charge is 2.36. The van der Waals surface area contributed by atoms with E-state index in [0.717, 1.165) is 52.1 Å². The van der Waals surface area contributed by atoms with E-state index in [9.17, 15) is 44.0 Å². The van der Waals surface area contributed by atoms with Gasteiger partial charge in [0.2, 0.25) is 20.0 Å². The Morgan fingerprint density at radius 1 is 0.607 bits per heavy atom. The van der Waals surface area contributed by atoms with Crippen molar-refractivity contribution in [3.8, 4) is 0 Å². The van der Waals surface area contributed by atoms with Gasteiger partial charge >= 0.3 is 11.9 Å². The number of rotatable bonds is 12. The number of hydrogen-bond donors (Lipinski definition) is 1. The van der Waals surface area contributed by atoms with Crippen LogP contribution in [-0.2, 0) is 42.6 Å². The van der Waals surface area contributed by atoms with E-state index in [-0.39, 0.29) is 69.2 Å². The highest BCUT2D eigenvalue weighted by Crippen LogP contribution is 2.34. The number of nitrogens with one attached hydrogen (secondary N) is 1. The molecule has 2 aliphatic rings. The molecule has 1 aliphatic heterocycles.